The van der Waals surface area contributed by atoms with E-state index in [2.05, 4.69) is 6.07 Å². The van der Waals surface area contributed by atoms with E-state index in [1.165, 1.54) is 6.42 Å². The molecule has 0 spiro atoms. The molecular weight excluding hydrogens is 402 g/mol. The van der Waals surface area contributed by atoms with Crippen molar-refractivity contribution in [1.82, 2.24) is 9.80 Å². The fourth-order valence-corrected chi connectivity index (χ4v) is 4.52. The summed E-state index contributed by atoms with van der Waals surface area (Å²) >= 11 is 0. The molecule has 0 unspecified atom stereocenters. The van der Waals surface area contributed by atoms with Gasteiger partial charge in [-0.1, -0.05) is 24.3 Å². The van der Waals surface area contributed by atoms with Crippen molar-refractivity contribution < 1.29 is 14.3 Å². The molecule has 32 heavy (non-hydrogen) atoms. The van der Waals surface area contributed by atoms with Crippen LogP contribution in [0, 0.1) is 17.2 Å². The van der Waals surface area contributed by atoms with Gasteiger partial charge in [-0.2, -0.15) is 5.26 Å². The summed E-state index contributed by atoms with van der Waals surface area (Å²) in [6, 6.07) is 16.7. The van der Waals surface area contributed by atoms with Gasteiger partial charge < -0.3 is 14.5 Å². The predicted octanol–water partition coefficient (Wildman–Crippen LogP) is 4.00. The number of ether oxygens (including phenoxy) is 1. The van der Waals surface area contributed by atoms with Crippen molar-refractivity contribution >= 4 is 11.8 Å². The summed E-state index contributed by atoms with van der Waals surface area (Å²) in [7, 11) is 0. The topological polar surface area (TPSA) is 73.6 Å². The number of hydrogen-bond acceptors (Lipinski definition) is 4. The third-order valence-corrected chi connectivity index (χ3v) is 6.41. The van der Waals surface area contributed by atoms with Gasteiger partial charge in [0.2, 0.25) is 5.91 Å². The Hall–Kier alpha value is -3.33. The predicted molar refractivity (Wildman–Crippen MR) is 121 cm³/mol. The number of benzene rings is 2. The Kier molecular flexibility index (Phi) is 7.06. The monoisotopic (exact) mass is 431 g/mol. The lowest BCUT2D eigenvalue weighted by Crippen LogP contribution is -2.45. The molecule has 2 heterocycles. The summed E-state index contributed by atoms with van der Waals surface area (Å²) < 4.78 is 5.86. The Balaban J connectivity index is 1.33. The molecule has 0 atom stereocenters. The minimum atomic E-state index is -0.0308. The molecule has 6 heteroatoms. The second-order valence-corrected chi connectivity index (χ2v) is 8.54. The number of carbonyl (C=O) groups is 2. The molecule has 0 radical (unpaired) electrons. The second kappa shape index (κ2) is 10.3. The van der Waals surface area contributed by atoms with Crippen molar-refractivity contribution in [1.29, 1.82) is 5.26 Å². The van der Waals surface area contributed by atoms with Gasteiger partial charge in [0.25, 0.3) is 5.91 Å². The van der Waals surface area contributed by atoms with Crippen LogP contribution in [0.5, 0.6) is 5.75 Å². The molecule has 4 rings (SSSR count). The summed E-state index contributed by atoms with van der Waals surface area (Å²) in [5.74, 6) is 0.868. The molecule has 0 bridgehead atoms. The molecule has 2 aromatic rings. The SMILES string of the molecule is N#Cc1ccccc1COc1cccc(C(=O)N2CCC(C(=O)N3CCCCC3)CC2)c1. The van der Waals surface area contributed by atoms with E-state index in [0.29, 0.717) is 30.0 Å². The zero-order valence-electron chi connectivity index (χ0n) is 18.3. The highest BCUT2D eigenvalue weighted by Crippen LogP contribution is 2.24. The van der Waals surface area contributed by atoms with Crippen LogP contribution >= 0.6 is 0 Å². The molecule has 0 aromatic heterocycles. The maximum absolute atomic E-state index is 13.0. The largest absolute Gasteiger partial charge is 0.489 e. The van der Waals surface area contributed by atoms with E-state index >= 15 is 0 Å². The van der Waals surface area contributed by atoms with E-state index < -0.39 is 0 Å². The van der Waals surface area contributed by atoms with Crippen LogP contribution in [0.4, 0.5) is 0 Å². The van der Waals surface area contributed by atoms with Crippen LogP contribution < -0.4 is 4.74 Å². The summed E-state index contributed by atoms with van der Waals surface area (Å²) in [5, 5.41) is 9.22. The summed E-state index contributed by atoms with van der Waals surface area (Å²) in [5.41, 5.74) is 1.98. The zero-order chi connectivity index (χ0) is 22.3. The Morgan fingerprint density at radius 1 is 0.938 bits per heavy atom. The molecule has 2 aromatic carbocycles. The molecular formula is C26H29N3O3. The van der Waals surface area contributed by atoms with Crippen LogP contribution in [0.3, 0.4) is 0 Å². The summed E-state index contributed by atoms with van der Waals surface area (Å²) in [6.07, 6.45) is 4.86. The number of nitrogens with zero attached hydrogens (tertiary/aromatic N) is 3. The van der Waals surface area contributed by atoms with Gasteiger partial charge in [0.1, 0.15) is 12.4 Å². The number of piperidine rings is 2. The average Bonchev–Trinajstić information content (AvgIpc) is 2.87. The van der Waals surface area contributed by atoms with Gasteiger partial charge in [-0.25, -0.2) is 0 Å². The van der Waals surface area contributed by atoms with Crippen molar-refractivity contribution in [2.24, 2.45) is 5.92 Å². The lowest BCUT2D eigenvalue weighted by molar-refractivity contribution is -0.137. The van der Waals surface area contributed by atoms with Crippen LogP contribution in [-0.4, -0.2) is 47.8 Å². The molecule has 166 valence electrons. The average molecular weight is 432 g/mol. The van der Waals surface area contributed by atoms with Crippen molar-refractivity contribution in [2.75, 3.05) is 26.2 Å². The van der Waals surface area contributed by atoms with Gasteiger partial charge in [-0.3, -0.25) is 9.59 Å². The number of rotatable bonds is 5. The van der Waals surface area contributed by atoms with Crippen LogP contribution in [0.2, 0.25) is 0 Å². The van der Waals surface area contributed by atoms with Gasteiger partial charge in [-0.05, 0) is 56.4 Å². The number of hydrogen-bond donors (Lipinski definition) is 0. The highest BCUT2D eigenvalue weighted by Gasteiger charge is 2.31. The Morgan fingerprint density at radius 2 is 1.69 bits per heavy atom. The summed E-state index contributed by atoms with van der Waals surface area (Å²) in [6.45, 7) is 3.23. The lowest BCUT2D eigenvalue weighted by Gasteiger charge is -2.35. The number of nitriles is 1. The van der Waals surface area contributed by atoms with E-state index in [1.807, 2.05) is 40.1 Å². The Labute approximate surface area is 189 Å². The van der Waals surface area contributed by atoms with Crippen molar-refractivity contribution in [2.45, 2.75) is 38.7 Å². The Morgan fingerprint density at radius 3 is 2.44 bits per heavy atom. The van der Waals surface area contributed by atoms with Gasteiger partial charge in [0.05, 0.1) is 11.6 Å². The fourth-order valence-electron chi connectivity index (χ4n) is 4.52. The second-order valence-electron chi connectivity index (χ2n) is 8.54. The fraction of sp³-hybridized carbons (Fsp3) is 0.423. The third kappa shape index (κ3) is 5.11. The van der Waals surface area contributed by atoms with Crippen LogP contribution in [0.1, 0.15) is 53.6 Å². The molecule has 2 aliphatic heterocycles. The van der Waals surface area contributed by atoms with E-state index in [0.717, 1.165) is 44.3 Å². The molecule has 2 saturated heterocycles. The first kappa shape index (κ1) is 21.9. The number of amides is 2. The minimum Gasteiger partial charge on any atom is -0.489 e. The number of likely N-dealkylation sites (tertiary alicyclic amines) is 2. The Bertz CT molecular complexity index is 999. The summed E-state index contributed by atoms with van der Waals surface area (Å²) in [4.78, 5) is 29.6. The molecule has 6 nitrogen and oxygen atoms in total. The van der Waals surface area contributed by atoms with E-state index in [1.54, 1.807) is 18.2 Å². The zero-order valence-corrected chi connectivity index (χ0v) is 18.3. The first-order valence-electron chi connectivity index (χ1n) is 11.4. The molecule has 2 amide bonds. The molecule has 0 aliphatic carbocycles. The van der Waals surface area contributed by atoms with Gasteiger partial charge in [0.15, 0.2) is 0 Å². The standard InChI is InChI=1S/C26H29N3O3/c27-18-22-7-2-3-8-23(22)19-32-24-10-6-9-21(17-24)26(31)29-15-11-20(12-16-29)25(30)28-13-4-1-5-14-28/h2-3,6-10,17,20H,1,4-5,11-16,19H2. The van der Waals surface area contributed by atoms with Crippen LogP contribution in [0.25, 0.3) is 0 Å². The first-order valence-corrected chi connectivity index (χ1v) is 11.4. The first-order chi connectivity index (χ1) is 15.7. The van der Waals surface area contributed by atoms with Gasteiger partial charge in [0, 0.05) is 43.2 Å². The van der Waals surface area contributed by atoms with Gasteiger partial charge in [-0.15, -0.1) is 0 Å². The van der Waals surface area contributed by atoms with E-state index in [9.17, 15) is 14.9 Å². The van der Waals surface area contributed by atoms with Crippen molar-refractivity contribution in [3.63, 3.8) is 0 Å². The molecule has 0 saturated carbocycles. The van der Waals surface area contributed by atoms with Crippen molar-refractivity contribution in [3.05, 3.63) is 65.2 Å². The maximum Gasteiger partial charge on any atom is 0.253 e. The normalized spacial score (nSPS) is 17.0. The number of carbonyl (C=O) groups excluding carboxylic acids is 2. The smallest absolute Gasteiger partial charge is 0.253 e. The van der Waals surface area contributed by atoms with Crippen LogP contribution in [-0.2, 0) is 11.4 Å². The molecule has 2 aliphatic rings. The lowest BCUT2D eigenvalue weighted by atomic mass is 9.94. The highest BCUT2D eigenvalue weighted by atomic mass is 16.5. The quantitative estimate of drug-likeness (QED) is 0.717. The van der Waals surface area contributed by atoms with E-state index in [4.69, 9.17) is 4.74 Å². The minimum absolute atomic E-state index is 0.0308. The molecule has 2 fully saturated rings. The van der Waals surface area contributed by atoms with Crippen molar-refractivity contribution in [3.8, 4) is 11.8 Å². The maximum atomic E-state index is 13.0. The van der Waals surface area contributed by atoms with Gasteiger partial charge >= 0.3 is 0 Å². The third-order valence-electron chi connectivity index (χ3n) is 6.41. The van der Waals surface area contributed by atoms with E-state index in [-0.39, 0.29) is 24.3 Å². The molecule has 0 N–H and O–H groups in total. The highest BCUT2D eigenvalue weighted by molar-refractivity contribution is 5.94. The van der Waals surface area contributed by atoms with Crippen LogP contribution in [0.15, 0.2) is 48.5 Å².